The summed E-state index contributed by atoms with van der Waals surface area (Å²) in [6, 6.07) is 9.50. The molecule has 2 aliphatic heterocycles. The van der Waals surface area contributed by atoms with Crippen molar-refractivity contribution in [3.8, 4) is 22.6 Å². The first-order valence-electron chi connectivity index (χ1n) is 8.77. The van der Waals surface area contributed by atoms with Gasteiger partial charge < -0.3 is 4.74 Å². The summed E-state index contributed by atoms with van der Waals surface area (Å²) < 4.78 is 5.26. The van der Waals surface area contributed by atoms with Crippen molar-refractivity contribution in [3.05, 3.63) is 47.0 Å². The van der Waals surface area contributed by atoms with E-state index in [1.165, 1.54) is 4.80 Å². The number of rotatable bonds is 4. The van der Waals surface area contributed by atoms with E-state index < -0.39 is 12.2 Å². The van der Waals surface area contributed by atoms with Gasteiger partial charge in [0.05, 0.1) is 18.8 Å². The smallest absolute Gasteiger partial charge is 0.415 e. The van der Waals surface area contributed by atoms with Gasteiger partial charge in [-0.3, -0.25) is 9.88 Å². The third-order valence-corrected chi connectivity index (χ3v) is 5.07. The average molecular weight is 377 g/mol. The lowest BCUT2D eigenvalue weighted by Gasteiger charge is -2.14. The van der Waals surface area contributed by atoms with Crippen molar-refractivity contribution < 1.29 is 9.53 Å². The number of ether oxygens (including phenoxy) is 1. The van der Waals surface area contributed by atoms with E-state index >= 15 is 0 Å². The van der Waals surface area contributed by atoms with Crippen molar-refractivity contribution in [2.24, 2.45) is 12.2 Å². The van der Waals surface area contributed by atoms with E-state index in [9.17, 15) is 9.70 Å². The molecule has 1 fully saturated rings. The van der Waals surface area contributed by atoms with Crippen LogP contribution in [0.2, 0.25) is 0 Å². The molecule has 0 saturated carbocycles. The lowest BCUT2D eigenvalue weighted by atomic mass is 10.0. The summed E-state index contributed by atoms with van der Waals surface area (Å²) in [5, 5.41) is 14.8. The van der Waals surface area contributed by atoms with Crippen LogP contribution in [0.4, 0.5) is 10.5 Å². The molecule has 4 heterocycles. The Hall–Kier alpha value is -3.69. The van der Waals surface area contributed by atoms with E-state index in [1.807, 2.05) is 30.3 Å². The minimum Gasteiger partial charge on any atom is -0.441 e. The van der Waals surface area contributed by atoms with Crippen LogP contribution >= 0.6 is 0 Å². The molecule has 2 unspecified atom stereocenters. The molecule has 2 atom stereocenters. The number of hydrogen-bond donors (Lipinski definition) is 0. The molecule has 0 aliphatic carbocycles. The normalized spacial score (nSPS) is 20.0. The summed E-state index contributed by atoms with van der Waals surface area (Å²) in [5.41, 5.74) is 4.43. The number of carbonyl (C=O) groups is 1. The van der Waals surface area contributed by atoms with Gasteiger partial charge in [-0.1, -0.05) is 17.3 Å². The number of nitrogens with zero attached hydrogens (tertiary/aromatic N) is 7. The number of amides is 1. The Morgan fingerprint density at radius 3 is 2.82 bits per heavy atom. The first kappa shape index (κ1) is 16.5. The summed E-state index contributed by atoms with van der Waals surface area (Å²) in [5.74, 6) is 0.469. The highest BCUT2D eigenvalue weighted by Gasteiger charge is 2.47. The van der Waals surface area contributed by atoms with Crippen LogP contribution in [0.3, 0.4) is 0 Å². The predicted octanol–water partition coefficient (Wildman–Crippen LogP) is 1.96. The van der Waals surface area contributed by atoms with Crippen molar-refractivity contribution in [2.45, 2.75) is 18.6 Å². The monoisotopic (exact) mass is 377 g/mol. The molecule has 1 saturated heterocycles. The zero-order valence-electron chi connectivity index (χ0n) is 14.9. The summed E-state index contributed by atoms with van der Waals surface area (Å²) in [7, 11) is 1.70. The van der Waals surface area contributed by atoms with Crippen LogP contribution in [-0.4, -0.2) is 50.0 Å². The second-order valence-corrected chi connectivity index (χ2v) is 6.75. The minimum atomic E-state index is -0.499. The Morgan fingerprint density at radius 2 is 2.11 bits per heavy atom. The van der Waals surface area contributed by atoms with Gasteiger partial charge in [-0.2, -0.15) is 9.70 Å². The van der Waals surface area contributed by atoms with E-state index in [4.69, 9.17) is 4.74 Å². The second-order valence-electron chi connectivity index (χ2n) is 6.75. The molecule has 0 N–H and O–H groups in total. The van der Waals surface area contributed by atoms with E-state index in [-0.39, 0.29) is 12.6 Å². The molecule has 10 nitrogen and oxygen atoms in total. The number of anilines is 1. The number of fused-ring (bicyclic) bond motifs is 3. The number of tetrazole rings is 1. The van der Waals surface area contributed by atoms with E-state index in [2.05, 4.69) is 25.6 Å². The standard InChI is InChI=1S/C18H15N7O3/c1-24-22-17(21-23-24)13-4-2-11(8-19-13)10-3-5-14-12(6-10)7-15-16(9-20-27)28-18(26)25(14)15/h2-6,8,15-16H,7,9H2,1H3. The van der Waals surface area contributed by atoms with Gasteiger partial charge in [0.25, 0.3) is 0 Å². The molecule has 0 spiro atoms. The molecular formula is C18H15N7O3. The van der Waals surface area contributed by atoms with Crippen molar-refractivity contribution in [1.29, 1.82) is 0 Å². The average Bonchev–Trinajstić information content (AvgIpc) is 3.38. The minimum absolute atomic E-state index is 0.0322. The van der Waals surface area contributed by atoms with Crippen LogP contribution in [0.1, 0.15) is 5.56 Å². The van der Waals surface area contributed by atoms with Crippen LogP contribution in [0.5, 0.6) is 0 Å². The SMILES string of the molecule is Cn1nnc(-c2ccc(-c3ccc4c(c3)CC3C(CN=O)OC(=O)N43)cn2)n1. The van der Waals surface area contributed by atoms with Crippen LogP contribution in [0.25, 0.3) is 22.6 Å². The van der Waals surface area contributed by atoms with Crippen LogP contribution in [0.15, 0.2) is 41.7 Å². The first-order valence-corrected chi connectivity index (χ1v) is 8.77. The van der Waals surface area contributed by atoms with Crippen molar-refractivity contribution in [1.82, 2.24) is 25.2 Å². The highest BCUT2D eigenvalue weighted by Crippen LogP contribution is 2.40. The maximum absolute atomic E-state index is 12.2. The van der Waals surface area contributed by atoms with Gasteiger partial charge in [0, 0.05) is 11.8 Å². The number of carbonyl (C=O) groups excluding carboxylic acids is 1. The molecule has 2 aliphatic rings. The van der Waals surface area contributed by atoms with Crippen LogP contribution < -0.4 is 4.90 Å². The fourth-order valence-electron chi connectivity index (χ4n) is 3.77. The quantitative estimate of drug-likeness (QED) is 0.638. The number of aryl methyl sites for hydroxylation is 1. The zero-order valence-corrected chi connectivity index (χ0v) is 14.9. The Bertz CT molecular complexity index is 1080. The molecule has 5 rings (SSSR count). The molecule has 1 amide bonds. The Labute approximate surface area is 159 Å². The first-order chi connectivity index (χ1) is 13.6. The highest BCUT2D eigenvalue weighted by atomic mass is 16.6. The van der Waals surface area contributed by atoms with Gasteiger partial charge in [0.2, 0.25) is 5.82 Å². The maximum atomic E-state index is 12.2. The number of aromatic nitrogens is 5. The maximum Gasteiger partial charge on any atom is 0.415 e. The van der Waals surface area contributed by atoms with Gasteiger partial charge in [-0.05, 0) is 41.0 Å². The number of cyclic esters (lactones) is 1. The Kier molecular flexibility index (Phi) is 3.64. The molecule has 2 aromatic heterocycles. The molecule has 28 heavy (non-hydrogen) atoms. The van der Waals surface area contributed by atoms with Crippen molar-refractivity contribution in [2.75, 3.05) is 11.4 Å². The largest absolute Gasteiger partial charge is 0.441 e. The van der Waals surface area contributed by atoms with Gasteiger partial charge in [-0.15, -0.1) is 10.2 Å². The van der Waals surface area contributed by atoms with E-state index in [0.717, 1.165) is 22.4 Å². The second kappa shape index (κ2) is 6.19. The number of nitroso groups, excluding NO2 is 1. The predicted molar refractivity (Wildman–Crippen MR) is 98.4 cm³/mol. The summed E-state index contributed by atoms with van der Waals surface area (Å²) in [6.45, 7) is -0.0322. The fraction of sp³-hybridized carbons (Fsp3) is 0.278. The molecule has 0 bridgehead atoms. The van der Waals surface area contributed by atoms with Gasteiger partial charge >= 0.3 is 6.09 Å². The zero-order chi connectivity index (χ0) is 19.3. The fourth-order valence-corrected chi connectivity index (χ4v) is 3.77. The van der Waals surface area contributed by atoms with Gasteiger partial charge in [-0.25, -0.2) is 4.79 Å². The highest BCUT2D eigenvalue weighted by molar-refractivity contribution is 5.94. The van der Waals surface area contributed by atoms with Crippen LogP contribution in [0, 0.1) is 4.91 Å². The summed E-state index contributed by atoms with van der Waals surface area (Å²) >= 11 is 0. The summed E-state index contributed by atoms with van der Waals surface area (Å²) in [6.07, 6.45) is 1.47. The lowest BCUT2D eigenvalue weighted by Crippen LogP contribution is -2.34. The van der Waals surface area contributed by atoms with Gasteiger partial charge in [0.1, 0.15) is 18.3 Å². The number of hydrogen-bond acceptors (Lipinski definition) is 8. The molecular weight excluding hydrogens is 362 g/mol. The van der Waals surface area contributed by atoms with Gasteiger partial charge in [0.15, 0.2) is 0 Å². The van der Waals surface area contributed by atoms with E-state index in [0.29, 0.717) is 17.9 Å². The van der Waals surface area contributed by atoms with Crippen molar-refractivity contribution >= 4 is 11.8 Å². The Balaban J connectivity index is 1.43. The molecule has 10 heteroatoms. The molecule has 140 valence electrons. The van der Waals surface area contributed by atoms with E-state index in [1.54, 1.807) is 18.1 Å². The lowest BCUT2D eigenvalue weighted by molar-refractivity contribution is 0.135. The third kappa shape index (κ3) is 2.53. The number of pyridine rings is 1. The molecule has 3 aromatic rings. The number of benzene rings is 1. The van der Waals surface area contributed by atoms with Crippen molar-refractivity contribution in [3.63, 3.8) is 0 Å². The molecule has 1 aromatic carbocycles. The Morgan fingerprint density at radius 1 is 1.25 bits per heavy atom. The van der Waals surface area contributed by atoms with Crippen LogP contribution in [-0.2, 0) is 18.2 Å². The topological polar surface area (TPSA) is 115 Å². The third-order valence-electron chi connectivity index (χ3n) is 5.07. The summed E-state index contributed by atoms with van der Waals surface area (Å²) in [4.78, 5) is 30.2. The molecule has 0 radical (unpaired) electrons.